The molecule has 0 radical (unpaired) electrons. The summed E-state index contributed by atoms with van der Waals surface area (Å²) in [5, 5.41) is 0. The minimum atomic E-state index is 0.368. The first-order chi connectivity index (χ1) is 6.59. The number of nitrogens with zero attached hydrogens (tertiary/aromatic N) is 3. The minimum absolute atomic E-state index is 0.368. The monoisotopic (exact) mass is 193 g/mol. The second kappa shape index (κ2) is 3.39. The topological polar surface area (TPSA) is 18.8 Å². The van der Waals surface area contributed by atoms with E-state index in [0.29, 0.717) is 6.04 Å². The van der Waals surface area contributed by atoms with E-state index >= 15 is 0 Å². The fourth-order valence-electron chi connectivity index (χ4n) is 2.21. The summed E-state index contributed by atoms with van der Waals surface area (Å²) < 4.78 is 0. The highest BCUT2D eigenvalue weighted by atomic mass is 15.3. The van der Waals surface area contributed by atoms with E-state index < -0.39 is 0 Å². The van der Waals surface area contributed by atoms with Gasteiger partial charge in [0.05, 0.1) is 6.04 Å². The molecule has 3 nitrogen and oxygen atoms in total. The molecule has 0 amide bonds. The number of piperazine rings is 1. The van der Waals surface area contributed by atoms with Crippen molar-refractivity contribution in [3.8, 4) is 0 Å². The standard InChI is InChI=1S/C11H19N3/c1-8-9(2)12-10(3)14-6-5-13(4)7-11(8)14/h9H,5-7H2,1-4H3. The molecule has 14 heavy (non-hydrogen) atoms. The van der Waals surface area contributed by atoms with E-state index in [1.807, 2.05) is 0 Å². The smallest absolute Gasteiger partial charge is 0.101 e. The summed E-state index contributed by atoms with van der Waals surface area (Å²) in [7, 11) is 2.18. The van der Waals surface area contributed by atoms with Gasteiger partial charge >= 0.3 is 0 Å². The quantitative estimate of drug-likeness (QED) is 0.578. The second-order valence-electron chi connectivity index (χ2n) is 4.37. The number of rotatable bonds is 0. The predicted molar refractivity (Wildman–Crippen MR) is 59.5 cm³/mol. The summed E-state index contributed by atoms with van der Waals surface area (Å²) in [6.45, 7) is 9.81. The van der Waals surface area contributed by atoms with Crippen molar-refractivity contribution in [1.82, 2.24) is 9.80 Å². The Morgan fingerprint density at radius 2 is 2.00 bits per heavy atom. The van der Waals surface area contributed by atoms with Crippen molar-refractivity contribution in [2.45, 2.75) is 26.8 Å². The molecule has 0 aromatic carbocycles. The third-order valence-electron chi connectivity index (χ3n) is 3.30. The first-order valence-corrected chi connectivity index (χ1v) is 5.29. The van der Waals surface area contributed by atoms with Crippen molar-refractivity contribution in [1.29, 1.82) is 0 Å². The first-order valence-electron chi connectivity index (χ1n) is 5.29. The lowest BCUT2D eigenvalue weighted by Gasteiger charge is -2.40. The van der Waals surface area contributed by atoms with E-state index in [0.717, 1.165) is 19.6 Å². The molecule has 1 atom stereocenters. The molecule has 0 saturated carbocycles. The Kier molecular flexibility index (Phi) is 2.35. The van der Waals surface area contributed by atoms with Gasteiger partial charge in [0.2, 0.25) is 0 Å². The van der Waals surface area contributed by atoms with Crippen LogP contribution in [0.5, 0.6) is 0 Å². The van der Waals surface area contributed by atoms with Crippen LogP contribution in [0.1, 0.15) is 20.8 Å². The molecular formula is C11H19N3. The Bertz CT molecular complexity index is 304. The van der Waals surface area contributed by atoms with Crippen LogP contribution in [0.3, 0.4) is 0 Å². The maximum absolute atomic E-state index is 4.64. The van der Waals surface area contributed by atoms with E-state index in [9.17, 15) is 0 Å². The minimum Gasteiger partial charge on any atom is -0.332 e. The molecule has 0 N–H and O–H groups in total. The molecule has 2 rings (SSSR count). The molecule has 1 unspecified atom stereocenters. The van der Waals surface area contributed by atoms with E-state index in [1.54, 1.807) is 0 Å². The summed E-state index contributed by atoms with van der Waals surface area (Å²) in [4.78, 5) is 9.39. The van der Waals surface area contributed by atoms with Gasteiger partial charge in [-0.05, 0) is 33.4 Å². The molecule has 0 aromatic heterocycles. The number of amidine groups is 1. The van der Waals surface area contributed by atoms with Crippen LogP contribution in [-0.4, -0.2) is 48.4 Å². The van der Waals surface area contributed by atoms with Crippen LogP contribution in [0.2, 0.25) is 0 Å². The van der Waals surface area contributed by atoms with Crippen LogP contribution in [0.15, 0.2) is 16.3 Å². The third kappa shape index (κ3) is 1.46. The average Bonchev–Trinajstić information content (AvgIpc) is 2.14. The molecule has 2 aliphatic rings. The molecule has 2 aliphatic heterocycles. The molecule has 0 aliphatic carbocycles. The van der Waals surface area contributed by atoms with Crippen LogP contribution in [-0.2, 0) is 0 Å². The van der Waals surface area contributed by atoms with E-state index in [1.165, 1.54) is 17.1 Å². The fraction of sp³-hybridized carbons (Fsp3) is 0.727. The van der Waals surface area contributed by atoms with E-state index in [-0.39, 0.29) is 0 Å². The van der Waals surface area contributed by atoms with Gasteiger partial charge in [0.1, 0.15) is 5.84 Å². The zero-order valence-corrected chi connectivity index (χ0v) is 9.54. The summed E-state index contributed by atoms with van der Waals surface area (Å²) in [6, 6.07) is 0.368. The fourth-order valence-corrected chi connectivity index (χ4v) is 2.21. The Balaban J connectivity index is 2.32. The van der Waals surface area contributed by atoms with Gasteiger partial charge in [0, 0.05) is 25.3 Å². The van der Waals surface area contributed by atoms with Crippen molar-refractivity contribution in [3.05, 3.63) is 11.3 Å². The van der Waals surface area contributed by atoms with Crippen LogP contribution < -0.4 is 0 Å². The molecule has 3 heteroatoms. The maximum Gasteiger partial charge on any atom is 0.101 e. The lowest BCUT2D eigenvalue weighted by atomic mass is 10.0. The Hall–Kier alpha value is -0.830. The zero-order chi connectivity index (χ0) is 10.3. The Morgan fingerprint density at radius 3 is 2.71 bits per heavy atom. The number of hydrogen-bond donors (Lipinski definition) is 0. The molecule has 1 saturated heterocycles. The van der Waals surface area contributed by atoms with Crippen LogP contribution in [0.4, 0.5) is 0 Å². The molecule has 2 heterocycles. The van der Waals surface area contributed by atoms with Crippen molar-refractivity contribution in [2.75, 3.05) is 26.7 Å². The number of likely N-dealkylation sites (N-methyl/N-ethyl adjacent to an activating group) is 1. The highest BCUT2D eigenvalue weighted by Crippen LogP contribution is 2.24. The third-order valence-corrected chi connectivity index (χ3v) is 3.30. The second-order valence-corrected chi connectivity index (χ2v) is 4.37. The lowest BCUT2D eigenvalue weighted by Crippen LogP contribution is -2.47. The molecular weight excluding hydrogens is 174 g/mol. The highest BCUT2D eigenvalue weighted by Gasteiger charge is 2.27. The largest absolute Gasteiger partial charge is 0.332 e. The van der Waals surface area contributed by atoms with Gasteiger partial charge in [-0.1, -0.05) is 0 Å². The molecule has 0 aromatic rings. The van der Waals surface area contributed by atoms with Gasteiger partial charge < -0.3 is 4.90 Å². The van der Waals surface area contributed by atoms with Crippen LogP contribution in [0.25, 0.3) is 0 Å². The summed E-state index contributed by atoms with van der Waals surface area (Å²) in [5.74, 6) is 1.19. The molecule has 1 fully saturated rings. The lowest BCUT2D eigenvalue weighted by molar-refractivity contribution is 0.252. The summed E-state index contributed by atoms with van der Waals surface area (Å²) in [5.41, 5.74) is 2.90. The SMILES string of the molecule is CC1=NC(C)C(C)=C2CN(C)CCN12. The predicted octanol–water partition coefficient (Wildman–Crippen LogP) is 1.33. The van der Waals surface area contributed by atoms with Gasteiger partial charge in [-0.25, -0.2) is 0 Å². The average molecular weight is 193 g/mol. The maximum atomic E-state index is 4.64. The Labute approximate surface area is 86.1 Å². The highest BCUT2D eigenvalue weighted by molar-refractivity contribution is 5.83. The number of fused-ring (bicyclic) bond motifs is 1. The molecule has 0 bridgehead atoms. The van der Waals surface area contributed by atoms with E-state index in [4.69, 9.17) is 0 Å². The van der Waals surface area contributed by atoms with Crippen molar-refractivity contribution < 1.29 is 0 Å². The molecule has 78 valence electrons. The number of hydrogen-bond acceptors (Lipinski definition) is 3. The molecule has 0 spiro atoms. The summed E-state index contributed by atoms with van der Waals surface area (Å²) >= 11 is 0. The summed E-state index contributed by atoms with van der Waals surface area (Å²) in [6.07, 6.45) is 0. The van der Waals surface area contributed by atoms with E-state index in [2.05, 4.69) is 42.6 Å². The van der Waals surface area contributed by atoms with Gasteiger partial charge in [-0.15, -0.1) is 0 Å². The van der Waals surface area contributed by atoms with Gasteiger partial charge in [-0.2, -0.15) is 0 Å². The van der Waals surface area contributed by atoms with Crippen molar-refractivity contribution in [3.63, 3.8) is 0 Å². The Morgan fingerprint density at radius 1 is 1.29 bits per heavy atom. The van der Waals surface area contributed by atoms with Crippen molar-refractivity contribution in [2.24, 2.45) is 4.99 Å². The van der Waals surface area contributed by atoms with Crippen molar-refractivity contribution >= 4 is 5.84 Å². The van der Waals surface area contributed by atoms with Crippen LogP contribution >= 0.6 is 0 Å². The van der Waals surface area contributed by atoms with Gasteiger partial charge in [-0.3, -0.25) is 9.89 Å². The van der Waals surface area contributed by atoms with Gasteiger partial charge in [0.15, 0.2) is 0 Å². The normalized spacial score (nSPS) is 29.0. The first kappa shape index (κ1) is 9.71. The van der Waals surface area contributed by atoms with Crippen LogP contribution in [0, 0.1) is 0 Å². The zero-order valence-electron chi connectivity index (χ0n) is 9.54. The number of aliphatic imine (C=N–C) groups is 1. The van der Waals surface area contributed by atoms with Gasteiger partial charge in [0.25, 0.3) is 0 Å².